The van der Waals surface area contributed by atoms with Gasteiger partial charge in [-0.1, -0.05) is 34.0 Å². The van der Waals surface area contributed by atoms with Crippen molar-refractivity contribution in [1.29, 1.82) is 0 Å². The van der Waals surface area contributed by atoms with Gasteiger partial charge in [-0.05, 0) is 55.5 Å². The molecule has 2 unspecified atom stereocenters. The van der Waals surface area contributed by atoms with Gasteiger partial charge in [0.05, 0.1) is 6.10 Å². The summed E-state index contributed by atoms with van der Waals surface area (Å²) in [5.41, 5.74) is 1.11. The van der Waals surface area contributed by atoms with Crippen molar-refractivity contribution in [1.82, 2.24) is 5.32 Å². The Morgan fingerprint density at radius 1 is 1.39 bits per heavy atom. The first-order valence-corrected chi connectivity index (χ1v) is 7.65. The molecule has 2 N–H and O–H groups in total. The van der Waals surface area contributed by atoms with E-state index in [0.717, 1.165) is 47.4 Å². The molecule has 0 heterocycles. The molecule has 1 fully saturated rings. The van der Waals surface area contributed by atoms with Crippen LogP contribution in [0.1, 0.15) is 31.2 Å². The van der Waals surface area contributed by atoms with Gasteiger partial charge in [0, 0.05) is 16.0 Å². The molecule has 2 nitrogen and oxygen atoms in total. The minimum atomic E-state index is -0.0972. The molecule has 0 aromatic heterocycles. The minimum Gasteiger partial charge on any atom is -0.393 e. The van der Waals surface area contributed by atoms with Gasteiger partial charge in [-0.3, -0.25) is 0 Å². The summed E-state index contributed by atoms with van der Waals surface area (Å²) in [7, 11) is 0. The summed E-state index contributed by atoms with van der Waals surface area (Å²) in [6, 6.07) is 5.90. The van der Waals surface area contributed by atoms with Crippen LogP contribution in [0.5, 0.6) is 0 Å². The second-order valence-electron chi connectivity index (χ2n) is 5.05. The average Bonchev–Trinajstić information content (AvgIpc) is 2.34. The number of aliphatic hydroxyl groups excluding tert-OH is 1. The third kappa shape index (κ3) is 4.23. The molecule has 4 heteroatoms. The van der Waals surface area contributed by atoms with Crippen LogP contribution in [0.2, 0.25) is 5.02 Å². The molecule has 100 valence electrons. The van der Waals surface area contributed by atoms with Crippen molar-refractivity contribution < 1.29 is 5.11 Å². The highest BCUT2D eigenvalue weighted by Gasteiger charge is 2.19. The molecule has 0 bridgehead atoms. The van der Waals surface area contributed by atoms with Crippen molar-refractivity contribution >= 4 is 27.5 Å². The third-order valence-electron chi connectivity index (χ3n) is 3.51. The summed E-state index contributed by atoms with van der Waals surface area (Å²) in [6.07, 6.45) is 4.16. The summed E-state index contributed by atoms with van der Waals surface area (Å²) < 4.78 is 1.05. The van der Waals surface area contributed by atoms with E-state index in [-0.39, 0.29) is 6.10 Å². The van der Waals surface area contributed by atoms with E-state index in [2.05, 4.69) is 21.2 Å². The number of halogens is 2. The second kappa shape index (κ2) is 6.90. The molecule has 0 saturated heterocycles. The number of nitrogens with one attached hydrogen (secondary N) is 1. The molecule has 0 amide bonds. The van der Waals surface area contributed by atoms with E-state index in [1.165, 1.54) is 6.42 Å². The third-order valence-corrected chi connectivity index (χ3v) is 4.37. The number of hydrogen-bond donors (Lipinski definition) is 2. The normalized spacial score (nSPS) is 24.2. The Morgan fingerprint density at radius 3 is 3.00 bits per heavy atom. The molecule has 0 spiro atoms. The van der Waals surface area contributed by atoms with Crippen LogP contribution in [-0.4, -0.2) is 17.8 Å². The summed E-state index contributed by atoms with van der Waals surface area (Å²) in [5, 5.41) is 13.9. The van der Waals surface area contributed by atoms with Gasteiger partial charge in [0.15, 0.2) is 0 Å². The Labute approximate surface area is 122 Å². The van der Waals surface area contributed by atoms with Crippen LogP contribution in [0.25, 0.3) is 0 Å². The van der Waals surface area contributed by atoms with Gasteiger partial charge < -0.3 is 10.4 Å². The van der Waals surface area contributed by atoms with E-state index >= 15 is 0 Å². The standard InChI is InChI=1S/C14H19BrClNO/c15-12-4-5-14(16)11(7-12)9-17-8-10-2-1-3-13(18)6-10/h4-5,7,10,13,17-18H,1-3,6,8-9H2. The summed E-state index contributed by atoms with van der Waals surface area (Å²) >= 11 is 9.59. The first-order valence-electron chi connectivity index (χ1n) is 6.48. The van der Waals surface area contributed by atoms with Crippen molar-refractivity contribution in [2.24, 2.45) is 5.92 Å². The van der Waals surface area contributed by atoms with Crippen molar-refractivity contribution in [3.63, 3.8) is 0 Å². The zero-order chi connectivity index (χ0) is 13.0. The van der Waals surface area contributed by atoms with E-state index in [1.54, 1.807) is 0 Å². The zero-order valence-electron chi connectivity index (χ0n) is 10.3. The van der Waals surface area contributed by atoms with E-state index in [0.29, 0.717) is 5.92 Å². The second-order valence-corrected chi connectivity index (χ2v) is 6.38. The van der Waals surface area contributed by atoms with Gasteiger partial charge in [0.1, 0.15) is 0 Å². The fraction of sp³-hybridized carbons (Fsp3) is 0.571. The highest BCUT2D eigenvalue weighted by molar-refractivity contribution is 9.10. The van der Waals surface area contributed by atoms with Crippen LogP contribution >= 0.6 is 27.5 Å². The quantitative estimate of drug-likeness (QED) is 0.880. The molecule has 2 atom stereocenters. The van der Waals surface area contributed by atoms with Crippen LogP contribution in [0.3, 0.4) is 0 Å². The maximum absolute atomic E-state index is 9.62. The molecule has 0 aliphatic heterocycles. The largest absolute Gasteiger partial charge is 0.393 e. The molecule has 1 saturated carbocycles. The Morgan fingerprint density at radius 2 is 2.22 bits per heavy atom. The molecule has 0 radical (unpaired) electrons. The first-order chi connectivity index (χ1) is 8.65. The van der Waals surface area contributed by atoms with E-state index in [4.69, 9.17) is 11.6 Å². The average molecular weight is 333 g/mol. The summed E-state index contributed by atoms with van der Waals surface area (Å²) in [5.74, 6) is 0.597. The molecule has 1 aliphatic carbocycles. The zero-order valence-corrected chi connectivity index (χ0v) is 12.7. The van der Waals surface area contributed by atoms with Crippen LogP contribution in [0, 0.1) is 5.92 Å². The van der Waals surface area contributed by atoms with E-state index < -0.39 is 0 Å². The molecule has 1 aliphatic rings. The number of aliphatic hydroxyl groups is 1. The van der Waals surface area contributed by atoms with E-state index in [9.17, 15) is 5.11 Å². The number of hydrogen-bond acceptors (Lipinski definition) is 2. The topological polar surface area (TPSA) is 32.3 Å². The smallest absolute Gasteiger partial charge is 0.0543 e. The lowest BCUT2D eigenvalue weighted by molar-refractivity contribution is 0.101. The molecule has 1 aromatic rings. The minimum absolute atomic E-state index is 0.0972. The van der Waals surface area contributed by atoms with Crippen molar-refractivity contribution in [3.05, 3.63) is 33.3 Å². The molecular weight excluding hydrogens is 314 g/mol. The molecule has 18 heavy (non-hydrogen) atoms. The monoisotopic (exact) mass is 331 g/mol. The lowest BCUT2D eigenvalue weighted by Crippen LogP contribution is -2.28. The lowest BCUT2D eigenvalue weighted by atomic mass is 9.87. The maximum atomic E-state index is 9.62. The predicted octanol–water partition coefficient (Wildman–Crippen LogP) is 3.74. The Hall–Kier alpha value is -0.0900. The maximum Gasteiger partial charge on any atom is 0.0543 e. The summed E-state index contributed by atoms with van der Waals surface area (Å²) in [4.78, 5) is 0. The predicted molar refractivity (Wildman–Crippen MR) is 78.8 cm³/mol. The molecular formula is C14H19BrClNO. The van der Waals surface area contributed by atoms with Crippen molar-refractivity contribution in [2.75, 3.05) is 6.54 Å². The number of rotatable bonds is 4. The van der Waals surface area contributed by atoms with Crippen molar-refractivity contribution in [2.45, 2.75) is 38.3 Å². The van der Waals surface area contributed by atoms with Gasteiger partial charge in [-0.2, -0.15) is 0 Å². The molecule has 2 rings (SSSR count). The summed E-state index contributed by atoms with van der Waals surface area (Å²) in [6.45, 7) is 1.74. The fourth-order valence-corrected chi connectivity index (χ4v) is 3.13. The number of benzene rings is 1. The van der Waals surface area contributed by atoms with Gasteiger partial charge in [-0.25, -0.2) is 0 Å². The van der Waals surface area contributed by atoms with Crippen LogP contribution in [-0.2, 0) is 6.54 Å². The van der Waals surface area contributed by atoms with Gasteiger partial charge in [0.2, 0.25) is 0 Å². The van der Waals surface area contributed by atoms with Gasteiger partial charge in [-0.15, -0.1) is 0 Å². The Kier molecular flexibility index (Phi) is 5.49. The SMILES string of the molecule is OC1CCCC(CNCc2cc(Br)ccc2Cl)C1. The fourth-order valence-electron chi connectivity index (χ4n) is 2.54. The Bertz CT molecular complexity index is 399. The van der Waals surface area contributed by atoms with Crippen LogP contribution < -0.4 is 5.32 Å². The highest BCUT2D eigenvalue weighted by Crippen LogP contribution is 2.24. The first kappa shape index (κ1) is 14.3. The lowest BCUT2D eigenvalue weighted by Gasteiger charge is -2.26. The Balaban J connectivity index is 1.79. The van der Waals surface area contributed by atoms with Crippen molar-refractivity contribution in [3.8, 4) is 0 Å². The van der Waals surface area contributed by atoms with Gasteiger partial charge >= 0.3 is 0 Å². The van der Waals surface area contributed by atoms with Crippen LogP contribution in [0.4, 0.5) is 0 Å². The van der Waals surface area contributed by atoms with E-state index in [1.807, 2.05) is 18.2 Å². The van der Waals surface area contributed by atoms with Crippen LogP contribution in [0.15, 0.2) is 22.7 Å². The van der Waals surface area contributed by atoms with Gasteiger partial charge in [0.25, 0.3) is 0 Å². The highest BCUT2D eigenvalue weighted by atomic mass is 79.9. The molecule has 1 aromatic carbocycles.